The van der Waals surface area contributed by atoms with E-state index in [4.69, 9.17) is 4.74 Å². The number of hydrogen-bond donors (Lipinski definition) is 0. The second-order valence-electron chi connectivity index (χ2n) is 6.37. The van der Waals surface area contributed by atoms with Crippen molar-refractivity contribution in [1.29, 1.82) is 0 Å². The molecule has 2 heterocycles. The SMILES string of the molecule is Cc1ccc(C2CC2C(=O)OCc2nnc(-c3ccccc3)n2C)s1. The second-order valence-corrected chi connectivity index (χ2v) is 7.69. The van der Waals surface area contributed by atoms with Crippen LogP contribution in [0.15, 0.2) is 42.5 Å². The highest BCUT2D eigenvalue weighted by Crippen LogP contribution is 2.50. The van der Waals surface area contributed by atoms with E-state index in [0.717, 1.165) is 17.8 Å². The normalized spacial score (nSPS) is 19.0. The Morgan fingerprint density at radius 2 is 2.04 bits per heavy atom. The van der Waals surface area contributed by atoms with Gasteiger partial charge in [0.25, 0.3) is 0 Å². The maximum atomic E-state index is 12.3. The van der Waals surface area contributed by atoms with Crippen LogP contribution < -0.4 is 0 Å². The summed E-state index contributed by atoms with van der Waals surface area (Å²) < 4.78 is 7.35. The van der Waals surface area contributed by atoms with Crippen molar-refractivity contribution < 1.29 is 9.53 Å². The average Bonchev–Trinajstić information content (AvgIpc) is 3.18. The van der Waals surface area contributed by atoms with Crippen molar-refractivity contribution in [2.24, 2.45) is 13.0 Å². The van der Waals surface area contributed by atoms with Gasteiger partial charge < -0.3 is 9.30 Å². The number of esters is 1. The lowest BCUT2D eigenvalue weighted by atomic mass is 10.2. The van der Waals surface area contributed by atoms with Gasteiger partial charge in [-0.1, -0.05) is 30.3 Å². The third-order valence-electron chi connectivity index (χ3n) is 4.56. The molecule has 2 aromatic heterocycles. The third kappa shape index (κ3) is 3.22. The largest absolute Gasteiger partial charge is 0.457 e. The minimum Gasteiger partial charge on any atom is -0.457 e. The molecule has 128 valence electrons. The lowest BCUT2D eigenvalue weighted by Crippen LogP contribution is -2.10. The summed E-state index contributed by atoms with van der Waals surface area (Å²) in [6.07, 6.45) is 0.882. The molecule has 0 saturated heterocycles. The third-order valence-corrected chi connectivity index (χ3v) is 5.69. The van der Waals surface area contributed by atoms with Gasteiger partial charge in [-0.3, -0.25) is 4.79 Å². The number of aryl methyl sites for hydroxylation is 1. The number of ether oxygens (including phenoxy) is 1. The summed E-state index contributed by atoms with van der Waals surface area (Å²) >= 11 is 1.76. The minimum atomic E-state index is -0.139. The number of nitrogens with zero attached hydrogens (tertiary/aromatic N) is 3. The number of carbonyl (C=O) groups is 1. The first kappa shape index (κ1) is 16.0. The van der Waals surface area contributed by atoms with Crippen LogP contribution in [0, 0.1) is 12.8 Å². The highest BCUT2D eigenvalue weighted by molar-refractivity contribution is 7.12. The molecule has 0 bridgehead atoms. The lowest BCUT2D eigenvalue weighted by Gasteiger charge is -2.05. The average molecular weight is 353 g/mol. The molecular weight excluding hydrogens is 334 g/mol. The number of benzene rings is 1. The Morgan fingerprint density at radius 1 is 1.24 bits per heavy atom. The predicted molar refractivity (Wildman–Crippen MR) is 96.1 cm³/mol. The molecule has 0 spiro atoms. The van der Waals surface area contributed by atoms with Gasteiger partial charge in [-0.2, -0.15) is 0 Å². The Morgan fingerprint density at radius 3 is 2.76 bits per heavy atom. The fourth-order valence-corrected chi connectivity index (χ4v) is 4.05. The van der Waals surface area contributed by atoms with E-state index in [0.29, 0.717) is 11.7 Å². The first-order valence-corrected chi connectivity index (χ1v) is 9.12. The summed E-state index contributed by atoms with van der Waals surface area (Å²) in [5.74, 6) is 1.59. The molecule has 5 nitrogen and oxygen atoms in total. The van der Waals surface area contributed by atoms with Gasteiger partial charge in [0.2, 0.25) is 0 Å². The first-order valence-electron chi connectivity index (χ1n) is 8.30. The van der Waals surface area contributed by atoms with E-state index < -0.39 is 0 Å². The number of rotatable bonds is 5. The molecule has 6 heteroatoms. The summed E-state index contributed by atoms with van der Waals surface area (Å²) in [6.45, 7) is 2.24. The monoisotopic (exact) mass is 353 g/mol. The summed E-state index contributed by atoms with van der Waals surface area (Å²) in [5, 5.41) is 8.38. The van der Waals surface area contributed by atoms with Crippen LogP contribution in [-0.4, -0.2) is 20.7 Å². The first-order chi connectivity index (χ1) is 12.1. The molecule has 1 fully saturated rings. The smallest absolute Gasteiger partial charge is 0.310 e. The summed E-state index contributed by atoms with van der Waals surface area (Å²) in [5.41, 5.74) is 0.991. The number of aromatic nitrogens is 3. The van der Waals surface area contributed by atoms with Crippen molar-refractivity contribution in [3.05, 3.63) is 58.0 Å². The van der Waals surface area contributed by atoms with Gasteiger partial charge in [0.1, 0.15) is 0 Å². The zero-order chi connectivity index (χ0) is 17.4. The van der Waals surface area contributed by atoms with Crippen molar-refractivity contribution in [2.75, 3.05) is 0 Å². The fraction of sp³-hybridized carbons (Fsp3) is 0.316. The quantitative estimate of drug-likeness (QED) is 0.656. The molecule has 25 heavy (non-hydrogen) atoms. The Kier molecular flexibility index (Phi) is 4.13. The lowest BCUT2D eigenvalue weighted by molar-refractivity contribution is -0.146. The summed E-state index contributed by atoms with van der Waals surface area (Å²) in [6, 6.07) is 14.1. The number of carbonyl (C=O) groups excluding carboxylic acids is 1. The Bertz CT molecular complexity index is 901. The van der Waals surface area contributed by atoms with Crippen LogP contribution in [0.3, 0.4) is 0 Å². The van der Waals surface area contributed by atoms with E-state index in [1.807, 2.05) is 41.9 Å². The van der Waals surface area contributed by atoms with Crippen molar-refractivity contribution in [3.63, 3.8) is 0 Å². The van der Waals surface area contributed by atoms with Crippen molar-refractivity contribution in [1.82, 2.24) is 14.8 Å². The van der Waals surface area contributed by atoms with E-state index in [9.17, 15) is 4.79 Å². The van der Waals surface area contributed by atoms with Gasteiger partial charge >= 0.3 is 5.97 Å². The highest BCUT2D eigenvalue weighted by atomic mass is 32.1. The van der Waals surface area contributed by atoms with Gasteiger partial charge in [0.05, 0.1) is 5.92 Å². The van der Waals surface area contributed by atoms with Gasteiger partial charge in [-0.25, -0.2) is 0 Å². The zero-order valence-electron chi connectivity index (χ0n) is 14.2. The number of thiophene rings is 1. The van der Waals surface area contributed by atoms with E-state index in [1.165, 1.54) is 9.75 Å². The maximum Gasteiger partial charge on any atom is 0.310 e. The summed E-state index contributed by atoms with van der Waals surface area (Å²) in [4.78, 5) is 14.8. The Labute approximate surface area is 150 Å². The van der Waals surface area contributed by atoms with Crippen LogP contribution in [0.25, 0.3) is 11.4 Å². The second kappa shape index (κ2) is 6.44. The Hall–Kier alpha value is -2.47. The molecule has 3 aromatic rings. The standard InChI is InChI=1S/C19H19N3O2S/c1-12-8-9-16(25-12)14-10-15(14)19(23)24-11-17-20-21-18(22(17)2)13-6-4-3-5-7-13/h3-9,14-15H,10-11H2,1-2H3. The van der Waals surface area contributed by atoms with Gasteiger partial charge in [0, 0.05) is 28.3 Å². The molecule has 4 rings (SSSR count). The van der Waals surface area contributed by atoms with Crippen LogP contribution in [0.4, 0.5) is 0 Å². The van der Waals surface area contributed by atoms with Gasteiger partial charge in [-0.05, 0) is 25.5 Å². The number of hydrogen-bond acceptors (Lipinski definition) is 5. The topological polar surface area (TPSA) is 57.0 Å². The molecule has 2 atom stereocenters. The molecule has 1 saturated carbocycles. The zero-order valence-corrected chi connectivity index (χ0v) is 15.0. The van der Waals surface area contributed by atoms with Gasteiger partial charge in [0.15, 0.2) is 18.3 Å². The fourth-order valence-electron chi connectivity index (χ4n) is 2.99. The molecule has 1 aromatic carbocycles. The molecule has 1 aliphatic carbocycles. The van der Waals surface area contributed by atoms with E-state index in [1.54, 1.807) is 11.3 Å². The van der Waals surface area contributed by atoms with E-state index in [2.05, 4.69) is 29.3 Å². The van der Waals surface area contributed by atoms with Crippen molar-refractivity contribution in [3.8, 4) is 11.4 Å². The molecular formula is C19H19N3O2S. The highest BCUT2D eigenvalue weighted by Gasteiger charge is 2.46. The molecule has 1 aliphatic rings. The van der Waals surface area contributed by atoms with Crippen molar-refractivity contribution >= 4 is 17.3 Å². The molecule has 0 N–H and O–H groups in total. The van der Waals surface area contributed by atoms with Gasteiger partial charge in [-0.15, -0.1) is 21.5 Å². The van der Waals surface area contributed by atoms with E-state index in [-0.39, 0.29) is 18.5 Å². The Balaban J connectivity index is 1.38. The molecule has 0 radical (unpaired) electrons. The van der Waals surface area contributed by atoms with Crippen LogP contribution >= 0.6 is 11.3 Å². The molecule has 0 aliphatic heterocycles. The van der Waals surface area contributed by atoms with Crippen molar-refractivity contribution in [2.45, 2.75) is 25.9 Å². The molecule has 0 amide bonds. The minimum absolute atomic E-state index is 0.0140. The van der Waals surface area contributed by atoms with Crippen LogP contribution in [-0.2, 0) is 23.2 Å². The molecule has 2 unspecified atom stereocenters. The maximum absolute atomic E-state index is 12.3. The summed E-state index contributed by atoms with van der Waals surface area (Å²) in [7, 11) is 1.89. The van der Waals surface area contributed by atoms with Crippen LogP contribution in [0.5, 0.6) is 0 Å². The van der Waals surface area contributed by atoms with E-state index >= 15 is 0 Å². The van der Waals surface area contributed by atoms with Crippen LogP contribution in [0.1, 0.15) is 27.9 Å². The predicted octanol–water partition coefficient (Wildman–Crippen LogP) is 3.70. The van der Waals surface area contributed by atoms with Crippen LogP contribution in [0.2, 0.25) is 0 Å².